The van der Waals surface area contributed by atoms with Gasteiger partial charge in [-0.15, -0.1) is 0 Å². The minimum Gasteiger partial charge on any atom is -0.484 e. The van der Waals surface area contributed by atoms with Gasteiger partial charge in [-0.2, -0.15) is 0 Å². The lowest BCUT2D eigenvalue weighted by Crippen LogP contribution is -2.50. The van der Waals surface area contributed by atoms with Crippen molar-refractivity contribution >= 4 is 11.6 Å². The smallest absolute Gasteiger partial charge is 0.260 e. The Morgan fingerprint density at radius 3 is 2.39 bits per heavy atom. The van der Waals surface area contributed by atoms with Gasteiger partial charge in [0.1, 0.15) is 12.4 Å². The molecule has 0 atom stereocenters. The van der Waals surface area contributed by atoms with Gasteiger partial charge in [0.15, 0.2) is 6.61 Å². The molecule has 3 rings (SSSR count). The minimum absolute atomic E-state index is 0.0487. The second kappa shape index (κ2) is 13.6. The maximum absolute atomic E-state index is 12.5. The van der Waals surface area contributed by atoms with E-state index in [-0.39, 0.29) is 12.5 Å². The molecule has 0 unspecified atom stereocenters. The summed E-state index contributed by atoms with van der Waals surface area (Å²) in [6.07, 6.45) is 7.98. The van der Waals surface area contributed by atoms with Crippen LogP contribution in [0.3, 0.4) is 0 Å². The van der Waals surface area contributed by atoms with Gasteiger partial charge in [0.25, 0.3) is 5.91 Å². The lowest BCUT2D eigenvalue weighted by Gasteiger charge is -2.34. The third-order valence-corrected chi connectivity index (χ3v) is 5.84. The first kappa shape index (κ1) is 24.7. The normalized spacial score (nSPS) is 14.8. The number of nitrogens with zero attached hydrogens (tertiary/aromatic N) is 4. The number of amides is 1. The van der Waals surface area contributed by atoms with Gasteiger partial charge in [0.2, 0.25) is 0 Å². The Morgan fingerprint density at radius 2 is 1.73 bits per heavy atom. The Kier molecular flexibility index (Phi) is 10.2. The number of oxime groups is 1. The average Bonchev–Trinajstić information content (AvgIpc) is 2.87. The molecular weight excluding hydrogens is 416 g/mol. The van der Waals surface area contributed by atoms with Crippen LogP contribution in [0.4, 0.5) is 0 Å². The number of piperazine rings is 1. The topological polar surface area (TPSA) is 67.3 Å². The molecule has 1 aliphatic heterocycles. The van der Waals surface area contributed by atoms with Gasteiger partial charge in [-0.3, -0.25) is 14.7 Å². The van der Waals surface area contributed by atoms with Crippen molar-refractivity contribution in [3.63, 3.8) is 0 Å². The molecule has 0 radical (unpaired) electrons. The predicted molar refractivity (Wildman–Crippen MR) is 130 cm³/mol. The number of hydrogen-bond donors (Lipinski definition) is 0. The third-order valence-electron chi connectivity index (χ3n) is 5.84. The number of benzene rings is 1. The Labute approximate surface area is 197 Å². The number of unbranched alkanes of at least 4 members (excludes halogenated alkanes) is 2. The molecule has 0 N–H and O–H groups in total. The molecule has 1 aliphatic rings. The second-order valence-electron chi connectivity index (χ2n) is 8.26. The molecule has 178 valence electrons. The van der Waals surface area contributed by atoms with Crippen molar-refractivity contribution in [3.05, 3.63) is 59.9 Å². The number of aromatic nitrogens is 1. The van der Waals surface area contributed by atoms with Crippen molar-refractivity contribution in [2.24, 2.45) is 5.16 Å². The fraction of sp³-hybridized carbons (Fsp3) is 0.500. The highest BCUT2D eigenvalue weighted by Crippen LogP contribution is 2.15. The molecule has 33 heavy (non-hydrogen) atoms. The van der Waals surface area contributed by atoms with Crippen LogP contribution in [-0.4, -0.2) is 65.7 Å². The van der Waals surface area contributed by atoms with Gasteiger partial charge >= 0.3 is 0 Å². The van der Waals surface area contributed by atoms with Crippen LogP contribution in [0.1, 0.15) is 50.7 Å². The average molecular weight is 453 g/mol. The zero-order valence-electron chi connectivity index (χ0n) is 19.9. The van der Waals surface area contributed by atoms with E-state index < -0.39 is 0 Å². The highest BCUT2D eigenvalue weighted by molar-refractivity contribution is 6.00. The quantitative estimate of drug-likeness (QED) is 0.275. The summed E-state index contributed by atoms with van der Waals surface area (Å²) in [7, 11) is 0. The van der Waals surface area contributed by atoms with Crippen LogP contribution in [0, 0.1) is 0 Å². The van der Waals surface area contributed by atoms with Crippen LogP contribution >= 0.6 is 0 Å². The van der Waals surface area contributed by atoms with Crippen molar-refractivity contribution < 1.29 is 14.4 Å². The van der Waals surface area contributed by atoms with Gasteiger partial charge in [-0.25, -0.2) is 0 Å². The van der Waals surface area contributed by atoms with E-state index in [1.807, 2.05) is 48.2 Å². The Bertz CT molecular complexity index is 863. The molecule has 1 aromatic carbocycles. The lowest BCUT2D eigenvalue weighted by atomic mass is 10.1. The zero-order chi connectivity index (χ0) is 23.3. The summed E-state index contributed by atoms with van der Waals surface area (Å²) in [4.78, 5) is 26.4. The first-order valence-corrected chi connectivity index (χ1v) is 12.0. The van der Waals surface area contributed by atoms with Crippen molar-refractivity contribution in [1.82, 2.24) is 14.8 Å². The minimum atomic E-state index is 0.0487. The van der Waals surface area contributed by atoms with Crippen molar-refractivity contribution in [2.75, 3.05) is 39.3 Å². The number of pyridine rings is 1. The van der Waals surface area contributed by atoms with E-state index in [2.05, 4.69) is 22.0 Å². The summed E-state index contributed by atoms with van der Waals surface area (Å²) < 4.78 is 5.75. The van der Waals surface area contributed by atoms with Gasteiger partial charge < -0.3 is 14.5 Å². The molecule has 1 amide bonds. The Morgan fingerprint density at radius 1 is 1.00 bits per heavy atom. The first-order valence-electron chi connectivity index (χ1n) is 12.0. The fourth-order valence-corrected chi connectivity index (χ4v) is 3.77. The summed E-state index contributed by atoms with van der Waals surface area (Å²) >= 11 is 0. The number of ether oxygens (including phenoxy) is 1. The molecule has 0 aliphatic carbocycles. The van der Waals surface area contributed by atoms with E-state index >= 15 is 0 Å². The summed E-state index contributed by atoms with van der Waals surface area (Å²) in [6.45, 7) is 9.34. The maximum Gasteiger partial charge on any atom is 0.260 e. The third kappa shape index (κ3) is 8.17. The number of hydrogen-bond acceptors (Lipinski definition) is 6. The summed E-state index contributed by atoms with van der Waals surface area (Å²) in [5.41, 5.74) is 2.86. The lowest BCUT2D eigenvalue weighted by molar-refractivity contribution is -0.135. The van der Waals surface area contributed by atoms with Crippen LogP contribution < -0.4 is 4.74 Å². The van der Waals surface area contributed by atoms with Crippen LogP contribution in [0.25, 0.3) is 0 Å². The van der Waals surface area contributed by atoms with Crippen molar-refractivity contribution in [1.29, 1.82) is 0 Å². The Hall–Kier alpha value is -2.93. The summed E-state index contributed by atoms with van der Waals surface area (Å²) in [5.74, 6) is 0.728. The van der Waals surface area contributed by atoms with E-state index in [1.165, 1.54) is 19.3 Å². The van der Waals surface area contributed by atoms with Crippen molar-refractivity contribution in [2.45, 2.75) is 46.1 Å². The molecule has 0 saturated carbocycles. The second-order valence-corrected chi connectivity index (χ2v) is 8.26. The van der Waals surface area contributed by atoms with E-state index in [9.17, 15) is 4.79 Å². The standard InChI is InChI=1S/C26H36N4O3/c1-3-5-6-15-29-16-18-30(19-17-29)26(31)21-32-24-9-7-23(8-10-24)25(4-2)28-33-20-22-11-13-27-14-12-22/h7-14H,3-6,15-21H2,1-2H3/b28-25-. The number of carbonyl (C=O) groups is 1. The van der Waals surface area contributed by atoms with Gasteiger partial charge in [-0.1, -0.05) is 31.8 Å². The Balaban J connectivity index is 1.42. The van der Waals surface area contributed by atoms with Crippen molar-refractivity contribution in [3.8, 4) is 5.75 Å². The van der Waals surface area contributed by atoms with Gasteiger partial charge in [0.05, 0.1) is 5.71 Å². The molecular formula is C26H36N4O3. The van der Waals surface area contributed by atoms with Gasteiger partial charge in [-0.05, 0) is 66.9 Å². The molecule has 2 heterocycles. The molecule has 2 aromatic rings. The molecule has 1 aromatic heterocycles. The molecule has 0 bridgehead atoms. The van der Waals surface area contributed by atoms with Crippen LogP contribution in [0.2, 0.25) is 0 Å². The van der Waals surface area contributed by atoms with E-state index in [1.54, 1.807) is 12.4 Å². The summed E-state index contributed by atoms with van der Waals surface area (Å²) in [6, 6.07) is 11.5. The zero-order valence-corrected chi connectivity index (χ0v) is 19.9. The summed E-state index contributed by atoms with van der Waals surface area (Å²) in [5, 5.41) is 4.29. The van der Waals surface area contributed by atoms with Crippen LogP contribution in [0.15, 0.2) is 53.9 Å². The largest absolute Gasteiger partial charge is 0.484 e. The molecule has 1 saturated heterocycles. The molecule has 1 fully saturated rings. The fourth-order valence-electron chi connectivity index (χ4n) is 3.77. The molecule has 7 nitrogen and oxygen atoms in total. The first-order chi connectivity index (χ1) is 16.2. The predicted octanol–water partition coefficient (Wildman–Crippen LogP) is 4.13. The van der Waals surface area contributed by atoms with E-state index in [0.717, 1.165) is 56.0 Å². The highest BCUT2D eigenvalue weighted by atomic mass is 16.6. The molecule has 0 spiro atoms. The molecule has 7 heteroatoms. The highest BCUT2D eigenvalue weighted by Gasteiger charge is 2.21. The van der Waals surface area contributed by atoms with Crippen LogP contribution in [0.5, 0.6) is 5.75 Å². The maximum atomic E-state index is 12.5. The van der Waals surface area contributed by atoms with Gasteiger partial charge in [0, 0.05) is 38.6 Å². The number of carbonyl (C=O) groups excluding carboxylic acids is 1. The monoisotopic (exact) mass is 452 g/mol. The van der Waals surface area contributed by atoms with E-state index in [0.29, 0.717) is 12.4 Å². The van der Waals surface area contributed by atoms with Crippen LogP contribution in [-0.2, 0) is 16.2 Å². The SMILES string of the molecule is CCCCCN1CCN(C(=O)COc2ccc(/C(CC)=N\OCc3ccncc3)cc2)CC1. The number of rotatable bonds is 12. The van der Waals surface area contributed by atoms with E-state index in [4.69, 9.17) is 9.57 Å².